The van der Waals surface area contributed by atoms with Gasteiger partial charge < -0.3 is 14.8 Å². The molecule has 0 spiro atoms. The van der Waals surface area contributed by atoms with E-state index in [1.165, 1.54) is 28.6 Å². The fraction of sp³-hybridized carbons (Fsp3) is 0.500. The smallest absolute Gasteiger partial charge is 0.259 e. The lowest BCUT2D eigenvalue weighted by atomic mass is 9.97. The standard InChI is InChI=1S/C18H21N5O3S2/c1-10-20-15(26-23-10)6-7-19-14(24)9-27-8-13-21-17(25)16-11-4-2-3-5-12(11)28-18(16)22-13/h2-9H2,1H3,(H,19,24)(H,21,22,25). The number of thiophene rings is 1. The first-order valence-corrected chi connectivity index (χ1v) is 11.2. The van der Waals surface area contributed by atoms with Gasteiger partial charge in [-0.1, -0.05) is 5.16 Å². The van der Waals surface area contributed by atoms with Crippen molar-refractivity contribution in [3.63, 3.8) is 0 Å². The summed E-state index contributed by atoms with van der Waals surface area (Å²) >= 11 is 3.06. The van der Waals surface area contributed by atoms with Crippen LogP contribution in [0.4, 0.5) is 0 Å². The quantitative estimate of drug-likeness (QED) is 0.603. The number of carbonyl (C=O) groups excluding carboxylic acids is 1. The van der Waals surface area contributed by atoms with E-state index in [1.54, 1.807) is 18.3 Å². The van der Waals surface area contributed by atoms with Crippen LogP contribution in [-0.2, 0) is 29.8 Å². The number of nitrogens with one attached hydrogen (secondary N) is 2. The highest BCUT2D eigenvalue weighted by Gasteiger charge is 2.19. The number of hydrogen-bond donors (Lipinski definition) is 2. The Morgan fingerprint density at radius 2 is 2.18 bits per heavy atom. The number of aryl methyl sites for hydroxylation is 3. The predicted octanol–water partition coefficient (Wildman–Crippen LogP) is 2.15. The number of thioether (sulfide) groups is 1. The van der Waals surface area contributed by atoms with Gasteiger partial charge in [-0.25, -0.2) is 4.98 Å². The summed E-state index contributed by atoms with van der Waals surface area (Å²) < 4.78 is 5.00. The van der Waals surface area contributed by atoms with E-state index in [1.807, 2.05) is 0 Å². The third-order valence-electron chi connectivity index (χ3n) is 4.58. The first kappa shape index (κ1) is 19.1. The Morgan fingerprint density at radius 1 is 1.32 bits per heavy atom. The van der Waals surface area contributed by atoms with Crippen molar-refractivity contribution in [2.75, 3.05) is 12.3 Å². The second-order valence-electron chi connectivity index (χ2n) is 6.73. The van der Waals surface area contributed by atoms with Crippen LogP contribution in [0.15, 0.2) is 9.32 Å². The zero-order valence-electron chi connectivity index (χ0n) is 15.5. The highest BCUT2D eigenvalue weighted by molar-refractivity contribution is 7.99. The van der Waals surface area contributed by atoms with Crippen molar-refractivity contribution in [2.24, 2.45) is 0 Å². The molecule has 148 valence electrons. The predicted molar refractivity (Wildman–Crippen MR) is 109 cm³/mol. The van der Waals surface area contributed by atoms with Crippen LogP contribution in [0.1, 0.15) is 40.8 Å². The molecule has 0 bridgehead atoms. The molecule has 8 nitrogen and oxygen atoms in total. The Hall–Kier alpha value is -2.20. The van der Waals surface area contributed by atoms with E-state index in [4.69, 9.17) is 4.52 Å². The minimum Gasteiger partial charge on any atom is -0.355 e. The van der Waals surface area contributed by atoms with Gasteiger partial charge in [0.25, 0.3) is 5.56 Å². The fourth-order valence-electron chi connectivity index (χ4n) is 3.32. The number of rotatable bonds is 7. The van der Waals surface area contributed by atoms with Gasteiger partial charge >= 0.3 is 0 Å². The number of fused-ring (bicyclic) bond motifs is 3. The molecule has 3 aromatic rings. The van der Waals surface area contributed by atoms with Crippen LogP contribution in [0.3, 0.4) is 0 Å². The van der Waals surface area contributed by atoms with Crippen molar-refractivity contribution in [2.45, 2.75) is 44.8 Å². The molecule has 4 rings (SSSR count). The van der Waals surface area contributed by atoms with Crippen LogP contribution in [0, 0.1) is 6.92 Å². The van der Waals surface area contributed by atoms with Gasteiger partial charge in [-0.05, 0) is 38.2 Å². The first-order chi connectivity index (χ1) is 13.6. The lowest BCUT2D eigenvalue weighted by Gasteiger charge is -2.09. The van der Waals surface area contributed by atoms with E-state index in [0.29, 0.717) is 42.0 Å². The molecule has 0 saturated heterocycles. The van der Waals surface area contributed by atoms with Gasteiger partial charge in [0.1, 0.15) is 10.7 Å². The third-order valence-corrected chi connectivity index (χ3v) is 6.71. The van der Waals surface area contributed by atoms with Gasteiger partial charge in [0.15, 0.2) is 5.82 Å². The molecule has 0 fully saturated rings. The van der Waals surface area contributed by atoms with Crippen molar-refractivity contribution >= 4 is 39.2 Å². The molecule has 0 aliphatic heterocycles. The van der Waals surface area contributed by atoms with E-state index in [9.17, 15) is 9.59 Å². The van der Waals surface area contributed by atoms with Gasteiger partial charge in [0.05, 0.1) is 16.9 Å². The largest absolute Gasteiger partial charge is 0.355 e. The van der Waals surface area contributed by atoms with E-state index >= 15 is 0 Å². The molecule has 3 heterocycles. The number of aromatic nitrogens is 4. The topological polar surface area (TPSA) is 114 Å². The Morgan fingerprint density at radius 3 is 3.00 bits per heavy atom. The van der Waals surface area contributed by atoms with Crippen molar-refractivity contribution < 1.29 is 9.32 Å². The summed E-state index contributed by atoms with van der Waals surface area (Å²) in [6.45, 7) is 2.20. The minimum atomic E-state index is -0.0729. The van der Waals surface area contributed by atoms with E-state index < -0.39 is 0 Å². The molecule has 2 N–H and O–H groups in total. The molecule has 10 heteroatoms. The van der Waals surface area contributed by atoms with Crippen LogP contribution in [0.25, 0.3) is 10.2 Å². The molecular formula is C18H21N5O3S2. The maximum atomic E-state index is 12.5. The Kier molecular flexibility index (Phi) is 5.77. The van der Waals surface area contributed by atoms with Gasteiger partial charge in [-0.15, -0.1) is 23.1 Å². The monoisotopic (exact) mass is 419 g/mol. The lowest BCUT2D eigenvalue weighted by molar-refractivity contribution is -0.118. The van der Waals surface area contributed by atoms with Crippen molar-refractivity contribution in [1.82, 2.24) is 25.4 Å². The summed E-state index contributed by atoms with van der Waals surface area (Å²) in [4.78, 5) is 38.2. The van der Waals surface area contributed by atoms with E-state index in [-0.39, 0.29) is 11.5 Å². The molecule has 0 radical (unpaired) electrons. The fourth-order valence-corrected chi connectivity index (χ4v) is 5.32. The Balaban J connectivity index is 1.29. The molecule has 1 aliphatic rings. The number of carbonyl (C=O) groups is 1. The van der Waals surface area contributed by atoms with Gasteiger partial charge in [0, 0.05) is 17.8 Å². The van der Waals surface area contributed by atoms with Crippen molar-refractivity contribution in [3.8, 4) is 0 Å². The maximum absolute atomic E-state index is 12.5. The molecule has 0 atom stereocenters. The highest BCUT2D eigenvalue weighted by Crippen LogP contribution is 2.33. The summed E-state index contributed by atoms with van der Waals surface area (Å²) in [5.41, 5.74) is 1.13. The summed E-state index contributed by atoms with van der Waals surface area (Å²) in [7, 11) is 0. The Bertz CT molecular complexity index is 1060. The number of H-pyrrole nitrogens is 1. The van der Waals surface area contributed by atoms with Gasteiger partial charge in [-0.3, -0.25) is 9.59 Å². The minimum absolute atomic E-state index is 0.0562. The zero-order chi connectivity index (χ0) is 19.5. The molecule has 1 amide bonds. The summed E-state index contributed by atoms with van der Waals surface area (Å²) in [6.07, 6.45) is 4.84. The van der Waals surface area contributed by atoms with Crippen LogP contribution >= 0.6 is 23.1 Å². The number of hydrogen-bond acceptors (Lipinski definition) is 8. The molecule has 0 saturated carbocycles. The number of nitrogens with zero attached hydrogens (tertiary/aromatic N) is 3. The van der Waals surface area contributed by atoms with Crippen molar-refractivity contribution in [1.29, 1.82) is 0 Å². The average molecular weight is 420 g/mol. The molecule has 0 aromatic carbocycles. The second-order valence-corrected chi connectivity index (χ2v) is 8.80. The number of aromatic amines is 1. The molecule has 0 unspecified atom stereocenters. The third kappa shape index (κ3) is 4.27. The number of amides is 1. The summed E-state index contributed by atoms with van der Waals surface area (Å²) in [5.74, 6) is 2.43. The van der Waals surface area contributed by atoms with E-state index in [2.05, 4.69) is 25.4 Å². The molecule has 1 aliphatic carbocycles. The molecular weight excluding hydrogens is 398 g/mol. The second kappa shape index (κ2) is 8.44. The Labute approximate surface area is 169 Å². The normalized spacial score (nSPS) is 13.6. The van der Waals surface area contributed by atoms with Crippen LogP contribution in [0.2, 0.25) is 0 Å². The highest BCUT2D eigenvalue weighted by atomic mass is 32.2. The van der Waals surface area contributed by atoms with Crippen LogP contribution < -0.4 is 10.9 Å². The zero-order valence-corrected chi connectivity index (χ0v) is 17.2. The summed E-state index contributed by atoms with van der Waals surface area (Å²) in [6, 6.07) is 0. The van der Waals surface area contributed by atoms with Gasteiger partial charge in [-0.2, -0.15) is 4.98 Å². The summed E-state index contributed by atoms with van der Waals surface area (Å²) in [5, 5.41) is 7.30. The lowest BCUT2D eigenvalue weighted by Crippen LogP contribution is -2.27. The van der Waals surface area contributed by atoms with Crippen molar-refractivity contribution in [3.05, 3.63) is 38.3 Å². The van der Waals surface area contributed by atoms with Crippen LogP contribution in [-0.4, -0.2) is 38.3 Å². The van der Waals surface area contributed by atoms with Crippen LogP contribution in [0.5, 0.6) is 0 Å². The molecule has 3 aromatic heterocycles. The average Bonchev–Trinajstić information content (AvgIpc) is 3.25. The molecule has 28 heavy (non-hydrogen) atoms. The van der Waals surface area contributed by atoms with Gasteiger partial charge in [0.2, 0.25) is 11.8 Å². The van der Waals surface area contributed by atoms with E-state index in [0.717, 1.165) is 29.5 Å². The first-order valence-electron chi connectivity index (χ1n) is 9.27. The SMILES string of the molecule is Cc1noc(CCNC(=O)CSCc2nc3sc4c(c3c(=O)[nH]2)CCCC4)n1. The maximum Gasteiger partial charge on any atom is 0.259 e.